The maximum absolute atomic E-state index is 10.9. The van der Waals surface area contributed by atoms with Gasteiger partial charge in [-0.15, -0.1) is 0 Å². The van der Waals surface area contributed by atoms with Crippen LogP contribution in [0.2, 0.25) is 0 Å². The van der Waals surface area contributed by atoms with Crippen LogP contribution in [-0.4, -0.2) is 14.9 Å². The van der Waals surface area contributed by atoms with E-state index in [9.17, 15) is 10.1 Å². The van der Waals surface area contributed by atoms with Crippen LogP contribution in [0.25, 0.3) is 22.6 Å². The second-order valence-corrected chi connectivity index (χ2v) is 4.73. The summed E-state index contributed by atoms with van der Waals surface area (Å²) in [6.07, 6.45) is 0. The average molecular weight is 279 g/mol. The van der Waals surface area contributed by atoms with Crippen molar-refractivity contribution in [2.45, 2.75) is 6.92 Å². The third-order valence-electron chi connectivity index (χ3n) is 3.26. The van der Waals surface area contributed by atoms with Gasteiger partial charge in [-0.25, -0.2) is 4.98 Å². The van der Waals surface area contributed by atoms with E-state index in [2.05, 4.69) is 9.97 Å². The first kappa shape index (κ1) is 13.1. The number of imidazole rings is 1. The molecule has 0 saturated heterocycles. The van der Waals surface area contributed by atoms with Crippen molar-refractivity contribution in [1.29, 1.82) is 0 Å². The van der Waals surface area contributed by atoms with Gasteiger partial charge in [0, 0.05) is 29.0 Å². The van der Waals surface area contributed by atoms with E-state index in [-0.39, 0.29) is 5.69 Å². The quantitative estimate of drug-likeness (QED) is 0.582. The number of aromatic amines is 1. The van der Waals surface area contributed by atoms with Gasteiger partial charge in [-0.3, -0.25) is 10.1 Å². The average Bonchev–Trinajstić information content (AvgIpc) is 2.90. The minimum absolute atomic E-state index is 0.0582. The van der Waals surface area contributed by atoms with Gasteiger partial charge in [0.25, 0.3) is 5.69 Å². The standard InChI is InChI=1S/C16H13N3O2/c1-11-15(12-6-3-2-4-7-12)18-16(17-11)13-8-5-9-14(10-13)19(20)21/h2-10H,1H3,(H,17,18). The number of hydrogen-bond acceptors (Lipinski definition) is 3. The third kappa shape index (κ3) is 2.53. The van der Waals surface area contributed by atoms with Crippen LogP contribution in [0.1, 0.15) is 5.69 Å². The molecule has 5 heteroatoms. The van der Waals surface area contributed by atoms with E-state index in [1.165, 1.54) is 12.1 Å². The Labute approximate surface area is 121 Å². The molecule has 0 bridgehead atoms. The Hall–Kier alpha value is -2.95. The monoisotopic (exact) mass is 279 g/mol. The highest BCUT2D eigenvalue weighted by Crippen LogP contribution is 2.27. The first-order chi connectivity index (χ1) is 10.1. The van der Waals surface area contributed by atoms with Crippen molar-refractivity contribution < 1.29 is 4.92 Å². The highest BCUT2D eigenvalue weighted by Gasteiger charge is 2.12. The van der Waals surface area contributed by atoms with Crippen LogP contribution < -0.4 is 0 Å². The van der Waals surface area contributed by atoms with Gasteiger partial charge >= 0.3 is 0 Å². The van der Waals surface area contributed by atoms with E-state index in [0.717, 1.165) is 17.0 Å². The number of nitro groups is 1. The zero-order valence-corrected chi connectivity index (χ0v) is 11.4. The molecule has 0 atom stereocenters. The van der Waals surface area contributed by atoms with Crippen molar-refractivity contribution in [3.05, 3.63) is 70.4 Å². The zero-order valence-electron chi connectivity index (χ0n) is 11.4. The topological polar surface area (TPSA) is 71.8 Å². The molecule has 0 aliphatic carbocycles. The number of nitro benzene ring substituents is 1. The predicted molar refractivity (Wildman–Crippen MR) is 80.9 cm³/mol. The van der Waals surface area contributed by atoms with Crippen molar-refractivity contribution in [1.82, 2.24) is 9.97 Å². The Morgan fingerprint density at radius 1 is 1.05 bits per heavy atom. The largest absolute Gasteiger partial charge is 0.342 e. The van der Waals surface area contributed by atoms with Crippen molar-refractivity contribution in [2.75, 3.05) is 0 Å². The smallest absolute Gasteiger partial charge is 0.270 e. The number of nitrogens with one attached hydrogen (secondary N) is 1. The Balaban J connectivity index is 2.05. The lowest BCUT2D eigenvalue weighted by Crippen LogP contribution is -1.88. The van der Waals surface area contributed by atoms with E-state index in [4.69, 9.17) is 0 Å². The summed E-state index contributed by atoms with van der Waals surface area (Å²) in [5.74, 6) is 0.634. The van der Waals surface area contributed by atoms with Crippen LogP contribution in [0.3, 0.4) is 0 Å². The molecule has 0 radical (unpaired) electrons. The van der Waals surface area contributed by atoms with Gasteiger partial charge in [0.15, 0.2) is 0 Å². The van der Waals surface area contributed by atoms with Gasteiger partial charge in [-0.05, 0) is 6.92 Å². The molecule has 0 aliphatic rings. The van der Waals surface area contributed by atoms with Gasteiger partial charge in [0.05, 0.1) is 10.6 Å². The fourth-order valence-corrected chi connectivity index (χ4v) is 2.24. The lowest BCUT2D eigenvalue weighted by Gasteiger charge is -1.97. The number of H-pyrrole nitrogens is 1. The molecule has 1 heterocycles. The minimum Gasteiger partial charge on any atom is -0.342 e. The SMILES string of the molecule is Cc1[nH]c(-c2cccc([N+](=O)[O-])c2)nc1-c1ccccc1. The molecule has 2 aromatic carbocycles. The summed E-state index contributed by atoms with van der Waals surface area (Å²) < 4.78 is 0. The van der Waals surface area contributed by atoms with Crippen molar-refractivity contribution in [3.8, 4) is 22.6 Å². The van der Waals surface area contributed by atoms with Crippen LogP contribution in [-0.2, 0) is 0 Å². The molecule has 0 amide bonds. The minimum atomic E-state index is -0.405. The van der Waals surface area contributed by atoms with Crippen LogP contribution in [0, 0.1) is 17.0 Å². The predicted octanol–water partition coefficient (Wildman–Crippen LogP) is 3.96. The summed E-state index contributed by atoms with van der Waals surface area (Å²) in [5, 5.41) is 10.9. The molecule has 0 aliphatic heterocycles. The number of rotatable bonds is 3. The highest BCUT2D eigenvalue weighted by atomic mass is 16.6. The summed E-state index contributed by atoms with van der Waals surface area (Å²) in [4.78, 5) is 18.2. The molecule has 0 spiro atoms. The molecule has 104 valence electrons. The highest BCUT2D eigenvalue weighted by molar-refractivity contribution is 5.68. The van der Waals surface area contributed by atoms with Gasteiger partial charge in [0.1, 0.15) is 5.82 Å². The summed E-state index contributed by atoms with van der Waals surface area (Å²) in [7, 11) is 0. The van der Waals surface area contributed by atoms with Crippen molar-refractivity contribution >= 4 is 5.69 Å². The van der Waals surface area contributed by atoms with Gasteiger partial charge in [-0.1, -0.05) is 42.5 Å². The lowest BCUT2D eigenvalue weighted by molar-refractivity contribution is -0.384. The molecule has 3 rings (SSSR count). The maximum atomic E-state index is 10.9. The molecule has 0 fully saturated rings. The van der Waals surface area contributed by atoms with Crippen LogP contribution in [0.4, 0.5) is 5.69 Å². The fraction of sp³-hybridized carbons (Fsp3) is 0.0625. The van der Waals surface area contributed by atoms with Crippen molar-refractivity contribution in [3.63, 3.8) is 0 Å². The van der Waals surface area contributed by atoms with E-state index in [1.54, 1.807) is 12.1 Å². The fourth-order valence-electron chi connectivity index (χ4n) is 2.24. The summed E-state index contributed by atoms with van der Waals surface area (Å²) in [6.45, 7) is 1.94. The van der Waals surface area contributed by atoms with Crippen LogP contribution in [0.15, 0.2) is 54.6 Å². The molecule has 1 N–H and O–H groups in total. The van der Waals surface area contributed by atoms with E-state index in [1.807, 2.05) is 37.3 Å². The summed E-state index contributed by atoms with van der Waals surface area (Å²) in [5.41, 5.74) is 3.57. The third-order valence-corrected chi connectivity index (χ3v) is 3.26. The number of non-ortho nitro benzene ring substituents is 1. The normalized spacial score (nSPS) is 10.5. The Morgan fingerprint density at radius 2 is 1.76 bits per heavy atom. The Morgan fingerprint density at radius 3 is 2.48 bits per heavy atom. The molecular formula is C16H13N3O2. The van der Waals surface area contributed by atoms with Gasteiger partial charge in [0.2, 0.25) is 0 Å². The van der Waals surface area contributed by atoms with E-state index in [0.29, 0.717) is 11.4 Å². The number of aromatic nitrogens is 2. The molecule has 0 unspecified atom stereocenters. The molecule has 0 saturated carbocycles. The van der Waals surface area contributed by atoms with Gasteiger partial charge in [-0.2, -0.15) is 0 Å². The molecular weight excluding hydrogens is 266 g/mol. The first-order valence-electron chi connectivity index (χ1n) is 6.52. The maximum Gasteiger partial charge on any atom is 0.270 e. The number of aryl methyl sites for hydroxylation is 1. The molecule has 21 heavy (non-hydrogen) atoms. The molecule has 1 aromatic heterocycles. The Kier molecular flexibility index (Phi) is 3.23. The van der Waals surface area contributed by atoms with E-state index < -0.39 is 4.92 Å². The van der Waals surface area contributed by atoms with Gasteiger partial charge < -0.3 is 4.98 Å². The second kappa shape index (κ2) is 5.20. The number of nitrogens with zero attached hydrogens (tertiary/aromatic N) is 2. The second-order valence-electron chi connectivity index (χ2n) is 4.73. The lowest BCUT2D eigenvalue weighted by atomic mass is 10.1. The molecule has 3 aromatic rings. The molecule has 5 nitrogen and oxygen atoms in total. The van der Waals surface area contributed by atoms with Crippen LogP contribution >= 0.6 is 0 Å². The Bertz CT molecular complexity index is 794. The van der Waals surface area contributed by atoms with Crippen molar-refractivity contribution in [2.24, 2.45) is 0 Å². The van der Waals surface area contributed by atoms with E-state index >= 15 is 0 Å². The van der Waals surface area contributed by atoms with Crippen LogP contribution in [0.5, 0.6) is 0 Å². The zero-order chi connectivity index (χ0) is 14.8. The first-order valence-corrected chi connectivity index (χ1v) is 6.52. The summed E-state index contributed by atoms with van der Waals surface area (Å²) >= 11 is 0. The number of benzene rings is 2. The summed E-state index contributed by atoms with van der Waals surface area (Å²) in [6, 6.07) is 16.3. The number of hydrogen-bond donors (Lipinski definition) is 1.